The molecule has 1 aliphatic heterocycles. The van der Waals surface area contributed by atoms with Gasteiger partial charge < -0.3 is 9.84 Å². The number of aromatic nitrogens is 2. The first-order valence-corrected chi connectivity index (χ1v) is 7.81. The van der Waals surface area contributed by atoms with E-state index in [1.807, 2.05) is 0 Å². The molecule has 1 N–H and O–H groups in total. The third-order valence-electron chi connectivity index (χ3n) is 4.24. The Kier molecular flexibility index (Phi) is 4.06. The van der Waals surface area contributed by atoms with Crippen LogP contribution in [0.4, 0.5) is 0 Å². The molecule has 0 spiro atoms. The molecular weight excluding hydrogens is 262 g/mol. The Labute approximate surface area is 126 Å². The molecule has 2 heterocycles. The summed E-state index contributed by atoms with van der Waals surface area (Å²) in [6.07, 6.45) is 2.28. The van der Waals surface area contributed by atoms with E-state index < -0.39 is 0 Å². The van der Waals surface area contributed by atoms with E-state index in [0.29, 0.717) is 23.6 Å². The van der Waals surface area contributed by atoms with Gasteiger partial charge in [-0.05, 0) is 36.8 Å². The first-order chi connectivity index (χ1) is 10.1. The predicted octanol–water partition coefficient (Wildman–Crippen LogP) is 3.92. The van der Waals surface area contributed by atoms with Crippen LogP contribution in [0, 0.1) is 5.92 Å². The molecule has 1 fully saturated rings. The van der Waals surface area contributed by atoms with Crippen LogP contribution in [-0.2, 0) is 0 Å². The average Bonchev–Trinajstić information content (AvgIpc) is 2.97. The molecule has 1 saturated heterocycles. The van der Waals surface area contributed by atoms with Gasteiger partial charge in [0.15, 0.2) is 0 Å². The van der Waals surface area contributed by atoms with Gasteiger partial charge in [0.05, 0.1) is 6.04 Å². The van der Waals surface area contributed by atoms with Gasteiger partial charge in [-0.2, -0.15) is 4.98 Å². The van der Waals surface area contributed by atoms with Gasteiger partial charge in [-0.25, -0.2) is 0 Å². The molecule has 2 atom stereocenters. The maximum atomic E-state index is 5.46. The Hall–Kier alpha value is -1.68. The molecule has 2 aromatic rings. The molecule has 0 bridgehead atoms. The van der Waals surface area contributed by atoms with E-state index in [9.17, 15) is 0 Å². The maximum Gasteiger partial charge on any atom is 0.244 e. The number of benzene rings is 1. The summed E-state index contributed by atoms with van der Waals surface area (Å²) in [7, 11) is 0. The lowest BCUT2D eigenvalue weighted by molar-refractivity contribution is 0.260. The number of nitrogens with one attached hydrogen (secondary N) is 1. The summed E-state index contributed by atoms with van der Waals surface area (Å²) < 4.78 is 5.46. The van der Waals surface area contributed by atoms with Crippen molar-refractivity contribution >= 4 is 0 Å². The van der Waals surface area contributed by atoms with Gasteiger partial charge >= 0.3 is 0 Å². The zero-order valence-electron chi connectivity index (χ0n) is 13.0. The summed E-state index contributed by atoms with van der Waals surface area (Å²) in [5, 5.41) is 7.59. The third-order valence-corrected chi connectivity index (χ3v) is 4.24. The summed E-state index contributed by atoms with van der Waals surface area (Å²) in [6.45, 7) is 7.68. The fourth-order valence-electron chi connectivity index (χ4n) is 2.81. The molecule has 0 radical (unpaired) electrons. The average molecular weight is 285 g/mol. The minimum Gasteiger partial charge on any atom is -0.337 e. The molecule has 1 aromatic carbocycles. The van der Waals surface area contributed by atoms with Crippen LogP contribution in [0.3, 0.4) is 0 Å². The SMILES string of the molecule is CC1CCNC(c2nc(-c3ccc(C(C)C)cc3)no2)C1. The lowest BCUT2D eigenvalue weighted by atomic mass is 9.94. The molecule has 21 heavy (non-hydrogen) atoms. The van der Waals surface area contributed by atoms with Gasteiger partial charge in [0.1, 0.15) is 0 Å². The smallest absolute Gasteiger partial charge is 0.244 e. The minimum atomic E-state index is 0.199. The highest BCUT2D eigenvalue weighted by molar-refractivity contribution is 5.54. The molecule has 3 rings (SSSR count). The molecule has 4 heteroatoms. The molecule has 4 nitrogen and oxygen atoms in total. The fourth-order valence-corrected chi connectivity index (χ4v) is 2.81. The highest BCUT2D eigenvalue weighted by atomic mass is 16.5. The van der Waals surface area contributed by atoms with Crippen molar-refractivity contribution in [3.8, 4) is 11.4 Å². The van der Waals surface area contributed by atoms with Crippen molar-refractivity contribution in [2.24, 2.45) is 5.92 Å². The van der Waals surface area contributed by atoms with E-state index in [4.69, 9.17) is 4.52 Å². The van der Waals surface area contributed by atoms with Crippen LogP contribution in [0.1, 0.15) is 57.0 Å². The normalized spacial score (nSPS) is 22.7. The molecule has 112 valence electrons. The van der Waals surface area contributed by atoms with Crippen molar-refractivity contribution in [1.29, 1.82) is 0 Å². The van der Waals surface area contributed by atoms with E-state index >= 15 is 0 Å². The Morgan fingerprint density at radius 3 is 2.67 bits per heavy atom. The monoisotopic (exact) mass is 285 g/mol. The number of hydrogen-bond acceptors (Lipinski definition) is 4. The molecule has 0 amide bonds. The molecule has 0 aliphatic carbocycles. The Morgan fingerprint density at radius 2 is 2.00 bits per heavy atom. The Bertz CT molecular complexity index is 588. The molecule has 2 unspecified atom stereocenters. The van der Waals surface area contributed by atoms with E-state index in [0.717, 1.165) is 18.5 Å². The van der Waals surface area contributed by atoms with Gasteiger partial charge in [0.25, 0.3) is 0 Å². The van der Waals surface area contributed by atoms with Crippen molar-refractivity contribution in [2.75, 3.05) is 6.54 Å². The molecular formula is C17H23N3O. The number of hydrogen-bond donors (Lipinski definition) is 1. The highest BCUT2D eigenvalue weighted by Crippen LogP contribution is 2.27. The molecule has 0 saturated carbocycles. The summed E-state index contributed by atoms with van der Waals surface area (Å²) in [6, 6.07) is 8.61. The number of piperidine rings is 1. The van der Waals surface area contributed by atoms with Gasteiger partial charge in [-0.15, -0.1) is 0 Å². The fraction of sp³-hybridized carbons (Fsp3) is 0.529. The lowest BCUT2D eigenvalue weighted by Crippen LogP contribution is -2.30. The van der Waals surface area contributed by atoms with E-state index in [1.54, 1.807) is 0 Å². The standard InChI is InChI=1S/C17H23N3O/c1-11(2)13-4-6-14(7-5-13)16-19-17(21-20-16)15-10-12(3)8-9-18-15/h4-7,11-12,15,18H,8-10H2,1-3H3. The first-order valence-electron chi connectivity index (χ1n) is 7.81. The van der Waals surface area contributed by atoms with Gasteiger partial charge in [-0.3, -0.25) is 0 Å². The first kappa shape index (κ1) is 14.3. The Morgan fingerprint density at radius 1 is 1.24 bits per heavy atom. The molecule has 1 aromatic heterocycles. The highest BCUT2D eigenvalue weighted by Gasteiger charge is 2.24. The summed E-state index contributed by atoms with van der Waals surface area (Å²) in [4.78, 5) is 4.57. The summed E-state index contributed by atoms with van der Waals surface area (Å²) in [5.74, 6) is 2.63. The topological polar surface area (TPSA) is 51.0 Å². The zero-order valence-corrected chi connectivity index (χ0v) is 13.0. The third kappa shape index (κ3) is 3.16. The second kappa shape index (κ2) is 5.98. The summed E-state index contributed by atoms with van der Waals surface area (Å²) >= 11 is 0. The quantitative estimate of drug-likeness (QED) is 0.928. The van der Waals surface area contributed by atoms with Gasteiger partial charge in [-0.1, -0.05) is 50.2 Å². The zero-order chi connectivity index (χ0) is 14.8. The van der Waals surface area contributed by atoms with Crippen molar-refractivity contribution in [3.63, 3.8) is 0 Å². The van der Waals surface area contributed by atoms with E-state index in [2.05, 4.69) is 60.5 Å². The van der Waals surface area contributed by atoms with Gasteiger partial charge in [0.2, 0.25) is 11.7 Å². The van der Waals surface area contributed by atoms with Crippen LogP contribution in [0.15, 0.2) is 28.8 Å². The van der Waals surface area contributed by atoms with Gasteiger partial charge in [0, 0.05) is 5.56 Å². The van der Waals surface area contributed by atoms with E-state index in [-0.39, 0.29) is 6.04 Å². The van der Waals surface area contributed by atoms with Crippen LogP contribution in [0.5, 0.6) is 0 Å². The van der Waals surface area contributed by atoms with Crippen molar-refractivity contribution < 1.29 is 4.52 Å². The van der Waals surface area contributed by atoms with Crippen LogP contribution in [-0.4, -0.2) is 16.7 Å². The Balaban J connectivity index is 1.78. The second-order valence-electron chi connectivity index (χ2n) is 6.37. The van der Waals surface area contributed by atoms with Crippen molar-refractivity contribution in [3.05, 3.63) is 35.7 Å². The van der Waals surface area contributed by atoms with Crippen molar-refractivity contribution in [2.45, 2.75) is 45.6 Å². The second-order valence-corrected chi connectivity index (χ2v) is 6.37. The minimum absolute atomic E-state index is 0.199. The largest absolute Gasteiger partial charge is 0.337 e. The molecule has 1 aliphatic rings. The summed E-state index contributed by atoms with van der Waals surface area (Å²) in [5.41, 5.74) is 2.34. The predicted molar refractivity (Wildman–Crippen MR) is 83.0 cm³/mol. The van der Waals surface area contributed by atoms with Crippen LogP contribution >= 0.6 is 0 Å². The van der Waals surface area contributed by atoms with Crippen molar-refractivity contribution in [1.82, 2.24) is 15.5 Å². The number of rotatable bonds is 3. The maximum absolute atomic E-state index is 5.46. The van der Waals surface area contributed by atoms with E-state index in [1.165, 1.54) is 12.0 Å². The number of nitrogens with zero attached hydrogens (tertiary/aromatic N) is 2. The van der Waals surface area contributed by atoms with Crippen LogP contribution in [0.25, 0.3) is 11.4 Å². The van der Waals surface area contributed by atoms with Crippen LogP contribution < -0.4 is 5.32 Å². The lowest BCUT2D eigenvalue weighted by Gasteiger charge is -2.25. The van der Waals surface area contributed by atoms with Crippen LogP contribution in [0.2, 0.25) is 0 Å².